The van der Waals surface area contributed by atoms with E-state index in [-0.39, 0.29) is 0 Å². The topological polar surface area (TPSA) is 12.5 Å². The molecule has 3 rings (SSSR count). The zero-order valence-electron chi connectivity index (χ0n) is 18.1. The minimum absolute atomic E-state index is 0.673. The molecule has 0 aliphatic carbocycles. The van der Waals surface area contributed by atoms with Gasteiger partial charge in [-0.25, -0.2) is 0 Å². The summed E-state index contributed by atoms with van der Waals surface area (Å²) in [6.45, 7) is 3.77. The molecule has 0 saturated carbocycles. The average molecular weight is 396 g/mol. The van der Waals surface area contributed by atoms with Gasteiger partial charge in [0, 0.05) is 12.1 Å². The normalized spacial score (nSPS) is 11.7. The number of hydrogen-bond acceptors (Lipinski definition) is 2. The van der Waals surface area contributed by atoms with Gasteiger partial charge in [0.05, 0.1) is 0 Å². The first kappa shape index (κ1) is 21.4. The number of ether oxygens (including phenoxy) is 1. The maximum Gasteiger partial charge on any atom is 0.119 e. The Morgan fingerprint density at radius 1 is 0.833 bits per heavy atom. The van der Waals surface area contributed by atoms with E-state index >= 15 is 0 Å². The fourth-order valence-corrected chi connectivity index (χ4v) is 3.48. The number of likely N-dealkylation sites (N-methyl/N-ethyl adjacent to an activating group) is 1. The molecule has 0 unspecified atom stereocenters. The van der Waals surface area contributed by atoms with Crippen molar-refractivity contribution < 1.29 is 4.74 Å². The lowest BCUT2D eigenvalue weighted by Gasteiger charge is -2.17. The molecular weight excluding hydrogens is 366 g/mol. The molecule has 3 aromatic rings. The summed E-state index contributed by atoms with van der Waals surface area (Å²) < 4.78 is 5.88. The summed E-state index contributed by atoms with van der Waals surface area (Å²) in [7, 11) is 4.09. The zero-order valence-corrected chi connectivity index (χ0v) is 18.1. The van der Waals surface area contributed by atoms with Gasteiger partial charge in [0.25, 0.3) is 0 Å². The molecule has 0 fully saturated rings. The molecule has 30 heavy (non-hydrogen) atoms. The maximum absolute atomic E-state index is 5.88. The highest BCUT2D eigenvalue weighted by atomic mass is 16.5. The Bertz CT molecular complexity index is 1010. The van der Waals surface area contributed by atoms with E-state index in [0.717, 1.165) is 29.8 Å². The maximum atomic E-state index is 5.88. The van der Waals surface area contributed by atoms with Crippen molar-refractivity contribution in [2.45, 2.75) is 13.3 Å². The quantitative estimate of drug-likeness (QED) is 0.344. The SMILES string of the molecule is C#Cc1ccc(/C(=C(\CC)c2ccccc2)c2ccc(OCCN(C)C)cc2)cc1. The number of terminal acetylenes is 1. The van der Waals surface area contributed by atoms with Crippen molar-refractivity contribution in [1.29, 1.82) is 0 Å². The molecule has 0 aliphatic rings. The van der Waals surface area contributed by atoms with Crippen LogP contribution in [-0.4, -0.2) is 32.1 Å². The Morgan fingerprint density at radius 3 is 1.97 bits per heavy atom. The van der Waals surface area contributed by atoms with E-state index in [9.17, 15) is 0 Å². The largest absolute Gasteiger partial charge is 0.492 e. The van der Waals surface area contributed by atoms with E-state index in [0.29, 0.717) is 6.61 Å². The van der Waals surface area contributed by atoms with Crippen LogP contribution in [0.5, 0.6) is 5.75 Å². The van der Waals surface area contributed by atoms with Crippen molar-refractivity contribution in [2.24, 2.45) is 0 Å². The van der Waals surface area contributed by atoms with Crippen molar-refractivity contribution in [3.63, 3.8) is 0 Å². The standard InChI is InChI=1S/C28H29NO/c1-5-22-12-14-24(15-13-22)28(27(6-2)23-10-8-7-9-11-23)25-16-18-26(19-17-25)30-21-20-29(3)4/h1,7-19H,6,20-21H2,2-4H3/b28-27-. The van der Waals surface area contributed by atoms with Crippen molar-refractivity contribution >= 4 is 11.1 Å². The van der Waals surface area contributed by atoms with Gasteiger partial charge >= 0.3 is 0 Å². The van der Waals surface area contributed by atoms with Crippen LogP contribution in [0.2, 0.25) is 0 Å². The zero-order chi connectivity index (χ0) is 21.3. The van der Waals surface area contributed by atoms with Crippen LogP contribution in [0.1, 0.15) is 35.6 Å². The van der Waals surface area contributed by atoms with E-state index in [4.69, 9.17) is 11.2 Å². The van der Waals surface area contributed by atoms with Gasteiger partial charge in [-0.3, -0.25) is 0 Å². The third kappa shape index (κ3) is 5.41. The van der Waals surface area contributed by atoms with Gasteiger partial charge in [0.1, 0.15) is 12.4 Å². The van der Waals surface area contributed by atoms with Crippen molar-refractivity contribution in [1.82, 2.24) is 4.90 Å². The summed E-state index contributed by atoms with van der Waals surface area (Å²) in [6, 6.07) is 27.2. The van der Waals surface area contributed by atoms with Crippen LogP contribution >= 0.6 is 0 Å². The van der Waals surface area contributed by atoms with Crippen LogP contribution in [0.3, 0.4) is 0 Å². The summed E-state index contributed by atoms with van der Waals surface area (Å²) in [4.78, 5) is 2.11. The number of hydrogen-bond donors (Lipinski definition) is 0. The monoisotopic (exact) mass is 395 g/mol. The number of rotatable bonds is 8. The van der Waals surface area contributed by atoms with Gasteiger partial charge in [-0.15, -0.1) is 6.42 Å². The Morgan fingerprint density at radius 2 is 1.43 bits per heavy atom. The van der Waals surface area contributed by atoms with Crippen LogP contribution in [0.25, 0.3) is 11.1 Å². The van der Waals surface area contributed by atoms with Crippen molar-refractivity contribution in [3.8, 4) is 18.1 Å². The van der Waals surface area contributed by atoms with Crippen LogP contribution < -0.4 is 4.74 Å². The molecule has 0 aliphatic heterocycles. The lowest BCUT2D eigenvalue weighted by molar-refractivity contribution is 0.261. The van der Waals surface area contributed by atoms with E-state index < -0.39 is 0 Å². The van der Waals surface area contributed by atoms with Gasteiger partial charge in [0.15, 0.2) is 0 Å². The predicted octanol–water partition coefficient (Wildman–Crippen LogP) is 5.98. The van der Waals surface area contributed by atoms with E-state index in [1.165, 1.54) is 22.3 Å². The van der Waals surface area contributed by atoms with Gasteiger partial charge < -0.3 is 9.64 Å². The minimum Gasteiger partial charge on any atom is -0.492 e. The van der Waals surface area contributed by atoms with E-state index in [1.807, 2.05) is 26.2 Å². The number of nitrogens with zero attached hydrogens (tertiary/aromatic N) is 1. The fourth-order valence-electron chi connectivity index (χ4n) is 3.48. The first-order valence-electron chi connectivity index (χ1n) is 10.4. The van der Waals surface area contributed by atoms with E-state index in [1.54, 1.807) is 0 Å². The molecule has 0 heterocycles. The molecular formula is C28H29NO. The van der Waals surface area contributed by atoms with Crippen LogP contribution in [-0.2, 0) is 0 Å². The highest BCUT2D eigenvalue weighted by Gasteiger charge is 2.13. The van der Waals surface area contributed by atoms with Crippen LogP contribution in [0.4, 0.5) is 0 Å². The molecule has 0 N–H and O–H groups in total. The van der Waals surface area contributed by atoms with Crippen molar-refractivity contribution in [3.05, 3.63) is 101 Å². The second kappa shape index (κ2) is 10.5. The molecule has 2 nitrogen and oxygen atoms in total. The first-order valence-corrected chi connectivity index (χ1v) is 10.4. The second-order valence-electron chi connectivity index (χ2n) is 7.47. The van der Waals surface area contributed by atoms with E-state index in [2.05, 4.69) is 84.5 Å². The molecule has 152 valence electrons. The third-order valence-corrected chi connectivity index (χ3v) is 5.07. The first-order chi connectivity index (χ1) is 14.6. The third-order valence-electron chi connectivity index (χ3n) is 5.07. The molecule has 2 heteroatoms. The van der Waals surface area contributed by atoms with Gasteiger partial charge in [0.2, 0.25) is 0 Å². The summed E-state index contributed by atoms with van der Waals surface area (Å²) in [5, 5.41) is 0. The lowest BCUT2D eigenvalue weighted by Crippen LogP contribution is -2.19. The van der Waals surface area contributed by atoms with Gasteiger partial charge in [-0.1, -0.05) is 67.4 Å². The second-order valence-corrected chi connectivity index (χ2v) is 7.47. The molecule has 0 radical (unpaired) electrons. The van der Waals surface area contributed by atoms with Gasteiger partial charge in [-0.2, -0.15) is 0 Å². The summed E-state index contributed by atoms with van der Waals surface area (Å²) in [5.41, 5.74) is 7.00. The lowest BCUT2D eigenvalue weighted by atomic mass is 9.88. The van der Waals surface area contributed by atoms with Crippen LogP contribution in [0.15, 0.2) is 78.9 Å². The molecule has 0 amide bonds. The highest BCUT2D eigenvalue weighted by molar-refractivity contribution is 5.98. The Kier molecular flexibility index (Phi) is 7.49. The minimum atomic E-state index is 0.673. The smallest absolute Gasteiger partial charge is 0.119 e. The number of benzene rings is 3. The number of allylic oxidation sites excluding steroid dienone is 1. The molecule has 0 atom stereocenters. The Labute approximate surface area is 180 Å². The van der Waals surface area contributed by atoms with Gasteiger partial charge in [-0.05, 0) is 72.6 Å². The highest BCUT2D eigenvalue weighted by Crippen LogP contribution is 2.35. The average Bonchev–Trinajstić information content (AvgIpc) is 2.78. The molecule has 0 aromatic heterocycles. The fraction of sp³-hybridized carbons (Fsp3) is 0.214. The Hall–Kier alpha value is -3.28. The Balaban J connectivity index is 2.03. The summed E-state index contributed by atoms with van der Waals surface area (Å²) in [5.74, 6) is 3.60. The molecule has 0 bridgehead atoms. The predicted molar refractivity (Wildman–Crippen MR) is 128 cm³/mol. The molecule has 0 spiro atoms. The van der Waals surface area contributed by atoms with Crippen molar-refractivity contribution in [2.75, 3.05) is 27.2 Å². The summed E-state index contributed by atoms with van der Waals surface area (Å²) in [6.07, 6.45) is 6.49. The van der Waals surface area contributed by atoms with Crippen LogP contribution in [0, 0.1) is 12.3 Å². The molecule has 3 aromatic carbocycles. The summed E-state index contributed by atoms with van der Waals surface area (Å²) >= 11 is 0. The molecule has 0 saturated heterocycles.